The molecule has 0 spiro atoms. The quantitative estimate of drug-likeness (QED) is 0.446. The van der Waals surface area contributed by atoms with E-state index in [0.29, 0.717) is 16.9 Å². The molecule has 1 N–H and O–H groups in total. The molecule has 5 rings (SSSR count). The number of hydrogen-bond donors (Lipinski definition) is 1. The number of nitrogens with zero attached hydrogens (tertiary/aromatic N) is 5. The van der Waals surface area contributed by atoms with E-state index in [2.05, 4.69) is 35.8 Å². The monoisotopic (exact) mass is 452 g/mol. The average Bonchev–Trinajstić information content (AvgIpc) is 3.26. The number of piperazine rings is 1. The fourth-order valence-electron chi connectivity index (χ4n) is 3.77. The molecular formula is C22H24N6O3S. The van der Waals surface area contributed by atoms with Crippen LogP contribution >= 0.6 is 11.8 Å². The molecule has 2 aliphatic heterocycles. The Morgan fingerprint density at radius 2 is 1.91 bits per heavy atom. The molecule has 10 heteroatoms. The van der Waals surface area contributed by atoms with Crippen molar-refractivity contribution in [1.29, 1.82) is 0 Å². The van der Waals surface area contributed by atoms with Crippen molar-refractivity contribution in [3.63, 3.8) is 0 Å². The van der Waals surface area contributed by atoms with Gasteiger partial charge in [-0.15, -0.1) is 0 Å². The number of thioether (sulfide) groups is 1. The predicted molar refractivity (Wildman–Crippen MR) is 121 cm³/mol. The number of benzene rings is 1. The van der Waals surface area contributed by atoms with Gasteiger partial charge in [-0.05, 0) is 30.7 Å². The molecule has 0 aliphatic carbocycles. The molecular weight excluding hydrogens is 428 g/mol. The lowest BCUT2D eigenvalue weighted by atomic mass is 10.1. The van der Waals surface area contributed by atoms with Crippen molar-refractivity contribution in [3.05, 3.63) is 63.8 Å². The molecule has 1 fully saturated rings. The van der Waals surface area contributed by atoms with E-state index in [0.717, 1.165) is 55.6 Å². The molecule has 2 aliphatic rings. The summed E-state index contributed by atoms with van der Waals surface area (Å²) < 4.78 is 10.9. The Morgan fingerprint density at radius 1 is 1.06 bits per heavy atom. The number of H-pyrrole nitrogens is 1. The Hall–Kier alpha value is -3.11. The van der Waals surface area contributed by atoms with Gasteiger partial charge in [0.1, 0.15) is 0 Å². The fraction of sp³-hybridized carbons (Fsp3) is 0.364. The van der Waals surface area contributed by atoms with Gasteiger partial charge in [0, 0.05) is 56.4 Å². The zero-order chi connectivity index (χ0) is 21.9. The molecule has 0 bridgehead atoms. The molecule has 9 nitrogen and oxygen atoms in total. The lowest BCUT2D eigenvalue weighted by molar-refractivity contribution is 0.174. The van der Waals surface area contributed by atoms with Crippen LogP contribution < -0.4 is 19.9 Å². The minimum atomic E-state index is -0.140. The first-order valence-corrected chi connectivity index (χ1v) is 11.5. The number of ether oxygens (including phenoxy) is 2. The zero-order valence-corrected chi connectivity index (χ0v) is 18.6. The van der Waals surface area contributed by atoms with Crippen LogP contribution in [0.5, 0.6) is 11.5 Å². The normalized spacial score (nSPS) is 15.8. The second-order valence-corrected chi connectivity index (χ2v) is 8.72. The molecule has 2 aromatic heterocycles. The van der Waals surface area contributed by atoms with E-state index in [1.807, 2.05) is 25.1 Å². The molecule has 1 aromatic carbocycles. The third kappa shape index (κ3) is 4.86. The van der Waals surface area contributed by atoms with Crippen molar-refractivity contribution in [2.45, 2.75) is 24.4 Å². The summed E-state index contributed by atoms with van der Waals surface area (Å²) in [5.74, 6) is 2.79. The molecule has 0 unspecified atom stereocenters. The number of aromatic nitrogens is 4. The maximum absolute atomic E-state index is 12.2. The maximum atomic E-state index is 12.2. The predicted octanol–water partition coefficient (Wildman–Crippen LogP) is 2.21. The van der Waals surface area contributed by atoms with E-state index in [1.165, 1.54) is 17.3 Å². The first kappa shape index (κ1) is 20.8. The van der Waals surface area contributed by atoms with Gasteiger partial charge in [0.15, 0.2) is 16.7 Å². The average molecular weight is 453 g/mol. The SMILES string of the molecule is Cc1ccnc(SCc2cc(=O)[nH]c(N3CCN(Cc4ccc5c(c4)OCO5)CC3)n2)n1. The molecule has 0 atom stereocenters. The topological polar surface area (TPSA) is 96.5 Å². The van der Waals surface area contributed by atoms with Crippen molar-refractivity contribution >= 4 is 17.7 Å². The molecule has 1 saturated heterocycles. The largest absolute Gasteiger partial charge is 0.454 e. The Morgan fingerprint density at radius 3 is 2.75 bits per heavy atom. The van der Waals surface area contributed by atoms with Gasteiger partial charge in [0.05, 0.1) is 5.69 Å². The summed E-state index contributed by atoms with van der Waals surface area (Å²) in [6, 6.07) is 9.50. The number of fused-ring (bicyclic) bond motifs is 1. The summed E-state index contributed by atoms with van der Waals surface area (Å²) in [6.07, 6.45) is 1.74. The van der Waals surface area contributed by atoms with Crippen LogP contribution in [-0.4, -0.2) is 57.8 Å². The fourth-order valence-corrected chi connectivity index (χ4v) is 4.54. The van der Waals surface area contributed by atoms with E-state index in [1.54, 1.807) is 12.3 Å². The molecule has 0 saturated carbocycles. The third-order valence-electron chi connectivity index (χ3n) is 5.42. The summed E-state index contributed by atoms with van der Waals surface area (Å²) in [5, 5.41) is 0.686. The Bertz CT molecular complexity index is 1160. The van der Waals surface area contributed by atoms with Gasteiger partial charge in [0.2, 0.25) is 12.7 Å². The summed E-state index contributed by atoms with van der Waals surface area (Å²) in [6.45, 7) is 6.43. The van der Waals surface area contributed by atoms with Crippen molar-refractivity contribution < 1.29 is 9.47 Å². The van der Waals surface area contributed by atoms with Crippen molar-refractivity contribution in [2.75, 3.05) is 37.9 Å². The highest BCUT2D eigenvalue weighted by atomic mass is 32.2. The van der Waals surface area contributed by atoms with Gasteiger partial charge in [-0.2, -0.15) is 0 Å². The van der Waals surface area contributed by atoms with Crippen molar-refractivity contribution in [2.24, 2.45) is 0 Å². The van der Waals surface area contributed by atoms with Crippen LogP contribution in [0.3, 0.4) is 0 Å². The summed E-state index contributed by atoms with van der Waals surface area (Å²) in [5.41, 5.74) is 2.70. The highest BCUT2D eigenvalue weighted by Gasteiger charge is 2.21. The van der Waals surface area contributed by atoms with Gasteiger partial charge >= 0.3 is 0 Å². The number of anilines is 1. The van der Waals surface area contributed by atoms with Crippen LogP contribution in [-0.2, 0) is 12.3 Å². The standard InChI is InChI=1S/C22H24N6O3S/c1-15-4-5-23-22(24-15)32-13-17-11-20(29)26-21(25-17)28-8-6-27(7-9-28)12-16-2-3-18-19(10-16)31-14-30-18/h2-5,10-11H,6-9,12-14H2,1H3,(H,25,26,29). The van der Waals surface area contributed by atoms with Gasteiger partial charge in [0.25, 0.3) is 5.56 Å². The van der Waals surface area contributed by atoms with E-state index in [9.17, 15) is 4.79 Å². The summed E-state index contributed by atoms with van der Waals surface area (Å²) >= 11 is 1.48. The van der Waals surface area contributed by atoms with Gasteiger partial charge < -0.3 is 14.4 Å². The highest BCUT2D eigenvalue weighted by molar-refractivity contribution is 7.98. The minimum absolute atomic E-state index is 0.140. The summed E-state index contributed by atoms with van der Waals surface area (Å²) in [7, 11) is 0. The van der Waals surface area contributed by atoms with E-state index >= 15 is 0 Å². The maximum Gasteiger partial charge on any atom is 0.252 e. The van der Waals surface area contributed by atoms with Crippen LogP contribution in [0.4, 0.5) is 5.95 Å². The second-order valence-electron chi connectivity index (χ2n) is 7.78. The Kier molecular flexibility index (Phi) is 5.95. The number of rotatable bonds is 6. The molecule has 166 valence electrons. The first-order chi connectivity index (χ1) is 15.6. The number of nitrogens with one attached hydrogen (secondary N) is 1. The molecule has 0 radical (unpaired) electrons. The van der Waals surface area contributed by atoms with Gasteiger partial charge in [-0.3, -0.25) is 14.7 Å². The first-order valence-electron chi connectivity index (χ1n) is 10.5. The van der Waals surface area contributed by atoms with Crippen LogP contribution in [0.25, 0.3) is 0 Å². The van der Waals surface area contributed by atoms with Crippen LogP contribution in [0.1, 0.15) is 17.0 Å². The molecule has 3 aromatic rings. The number of aryl methyl sites for hydroxylation is 1. The molecule has 4 heterocycles. The lowest BCUT2D eigenvalue weighted by Gasteiger charge is -2.35. The van der Waals surface area contributed by atoms with E-state index < -0.39 is 0 Å². The number of hydrogen-bond acceptors (Lipinski definition) is 9. The van der Waals surface area contributed by atoms with E-state index in [4.69, 9.17) is 9.47 Å². The summed E-state index contributed by atoms with van der Waals surface area (Å²) in [4.78, 5) is 33.0. The zero-order valence-electron chi connectivity index (χ0n) is 17.8. The highest BCUT2D eigenvalue weighted by Crippen LogP contribution is 2.33. The number of aromatic amines is 1. The third-order valence-corrected chi connectivity index (χ3v) is 6.31. The van der Waals surface area contributed by atoms with Crippen LogP contribution in [0, 0.1) is 6.92 Å². The van der Waals surface area contributed by atoms with Crippen molar-refractivity contribution in [1.82, 2.24) is 24.8 Å². The lowest BCUT2D eigenvalue weighted by Crippen LogP contribution is -2.47. The minimum Gasteiger partial charge on any atom is -0.454 e. The van der Waals surface area contributed by atoms with E-state index in [-0.39, 0.29) is 12.4 Å². The smallest absolute Gasteiger partial charge is 0.252 e. The van der Waals surface area contributed by atoms with Crippen LogP contribution in [0.15, 0.2) is 46.5 Å². The van der Waals surface area contributed by atoms with Gasteiger partial charge in [-0.25, -0.2) is 15.0 Å². The molecule has 0 amide bonds. The van der Waals surface area contributed by atoms with Crippen molar-refractivity contribution in [3.8, 4) is 11.5 Å². The van der Waals surface area contributed by atoms with Crippen LogP contribution in [0.2, 0.25) is 0 Å². The second kappa shape index (κ2) is 9.17. The Balaban J connectivity index is 1.19. The Labute approximate surface area is 189 Å². The van der Waals surface area contributed by atoms with Gasteiger partial charge in [-0.1, -0.05) is 17.8 Å². The molecule has 32 heavy (non-hydrogen) atoms.